The van der Waals surface area contributed by atoms with E-state index in [0.717, 1.165) is 224 Å². The molecule has 0 aromatic carbocycles. The largest absolute Gasteiger partial charge is 0.355 e. The van der Waals surface area contributed by atoms with Crippen molar-refractivity contribution < 1.29 is 19.5 Å². The van der Waals surface area contributed by atoms with Crippen LogP contribution in [0.3, 0.4) is 0 Å². The summed E-state index contributed by atoms with van der Waals surface area (Å²) in [5.74, 6) is 0. The molecular formula is C100H70N20Zn. The van der Waals surface area contributed by atoms with Crippen LogP contribution in [0.5, 0.6) is 0 Å². The minimum absolute atomic E-state index is 0. The van der Waals surface area contributed by atoms with Crippen LogP contribution in [0.15, 0.2) is 243 Å². The van der Waals surface area contributed by atoms with E-state index in [-0.39, 0.29) is 19.5 Å². The van der Waals surface area contributed by atoms with Gasteiger partial charge >= 0.3 is 0 Å². The molecule has 0 saturated carbocycles. The molecule has 0 radical (unpaired) electrons. The van der Waals surface area contributed by atoms with Crippen LogP contribution < -0.4 is 0 Å². The summed E-state index contributed by atoms with van der Waals surface area (Å²) in [6.07, 6.45) is 40.5. The Hall–Kier alpha value is -16.4. The SMILES string of the molecule is C1=Cc2cc3ccc(cc4nc(cc5ccc(cc1n2)[nH]5)C=C4)[nH]3.C1=Cc2cc3ccc(cc4nc(cc5ccc(cc1n2)[nH]5)C=C4)[nH]3.C1=Cc2cc3ccc(cc4nc(cc5ccc(cc1n2)[nH]5)C=C4)[nH]3.C1=Cc2cc3ccc(cc4nc(cc5ccc(cc1n2)[nH]5)C=C4)[nH]3.C1=Cc2cc3ccc(cc4nc(cc5ccc(cc1n2)[nH]5)C=C4)[nH]3.[Zn]. The van der Waals surface area contributed by atoms with Gasteiger partial charge in [0.15, 0.2) is 0 Å². The molecule has 0 aliphatic carbocycles. The minimum atomic E-state index is 0. The molecule has 0 fully saturated rings. The van der Waals surface area contributed by atoms with E-state index in [1.165, 1.54) is 0 Å². The molecule has 0 saturated heterocycles. The Labute approximate surface area is 702 Å². The van der Waals surface area contributed by atoms with E-state index in [4.69, 9.17) is 0 Å². The summed E-state index contributed by atoms with van der Waals surface area (Å²) < 4.78 is 0. The van der Waals surface area contributed by atoms with Gasteiger partial charge in [-0.3, -0.25) is 0 Å². The second-order valence-electron chi connectivity index (χ2n) is 29.5. The number of nitrogens with zero attached hydrogens (tertiary/aromatic N) is 10. The maximum absolute atomic E-state index is 4.63. The van der Waals surface area contributed by atoms with Gasteiger partial charge < -0.3 is 49.8 Å². The Morgan fingerprint density at radius 3 is 0.215 bits per heavy atom. The summed E-state index contributed by atoms with van der Waals surface area (Å²) in [7, 11) is 0. The van der Waals surface area contributed by atoms with Gasteiger partial charge in [0.2, 0.25) is 0 Å². The molecule has 25 heterocycles. The molecule has 121 heavy (non-hydrogen) atoms. The summed E-state index contributed by atoms with van der Waals surface area (Å²) in [4.78, 5) is 80.1. The van der Waals surface area contributed by atoms with Crippen LogP contribution in [-0.2, 0) is 19.5 Å². The number of aromatic nitrogens is 20. The molecule has 0 unspecified atom stereocenters. The zero-order chi connectivity index (χ0) is 79.7. The van der Waals surface area contributed by atoms with Gasteiger partial charge in [0.1, 0.15) is 0 Å². The van der Waals surface area contributed by atoms with Crippen molar-refractivity contribution in [2.45, 2.75) is 0 Å². The Morgan fingerprint density at radius 1 is 0.0992 bits per heavy atom. The first kappa shape index (κ1) is 73.5. The van der Waals surface area contributed by atoms with Crippen molar-refractivity contribution in [3.63, 3.8) is 0 Å². The molecule has 10 aliphatic rings. The molecule has 572 valence electrons. The van der Waals surface area contributed by atoms with Gasteiger partial charge in [-0.1, -0.05) is 0 Å². The molecule has 0 amide bonds. The fraction of sp³-hybridized carbons (Fsp3) is 0. The Morgan fingerprint density at radius 2 is 0.157 bits per heavy atom. The second kappa shape index (κ2) is 32.4. The van der Waals surface area contributed by atoms with E-state index < -0.39 is 0 Å². The standard InChI is InChI=1S/5C20H14N4.Zn/c5*1-2-14-10-16-5-6-18(23-16)12-20-8-7-19(24-20)11-17-4-3-15(22-17)9-13(1)21-14;/h5*1-12,21,24H;. The van der Waals surface area contributed by atoms with Crippen LogP contribution in [-0.4, -0.2) is 99.7 Å². The van der Waals surface area contributed by atoms with Crippen molar-refractivity contribution in [1.82, 2.24) is 99.7 Å². The van der Waals surface area contributed by atoms with Gasteiger partial charge in [-0.2, -0.15) is 0 Å². The van der Waals surface area contributed by atoms with Crippen molar-refractivity contribution in [1.29, 1.82) is 0 Å². The zero-order valence-electron chi connectivity index (χ0n) is 64.8. The molecular weight excluding hydrogens is 1550 g/mol. The zero-order valence-corrected chi connectivity index (χ0v) is 67.8. The first-order valence-corrected chi connectivity index (χ1v) is 39.2. The fourth-order valence-corrected chi connectivity index (χ4v) is 14.7. The van der Waals surface area contributed by atoms with Crippen molar-refractivity contribution in [2.75, 3.05) is 0 Å². The van der Waals surface area contributed by atoms with Crippen LogP contribution in [0.4, 0.5) is 0 Å². The number of H-pyrrole nitrogens is 10. The Kier molecular flexibility index (Phi) is 19.7. The van der Waals surface area contributed by atoms with Crippen molar-refractivity contribution in [3.8, 4) is 0 Å². The van der Waals surface area contributed by atoms with Crippen LogP contribution in [0, 0.1) is 0 Å². The third-order valence-electron chi connectivity index (χ3n) is 20.2. The van der Waals surface area contributed by atoms with E-state index in [0.29, 0.717) is 0 Å². The van der Waals surface area contributed by atoms with Gasteiger partial charge in [0.25, 0.3) is 0 Å². The summed E-state index contributed by atoms with van der Waals surface area (Å²) in [6.45, 7) is 0. The minimum Gasteiger partial charge on any atom is -0.355 e. The van der Waals surface area contributed by atoms with Gasteiger partial charge in [0.05, 0.1) is 114 Å². The number of hydrogen-bond donors (Lipinski definition) is 10. The van der Waals surface area contributed by atoms with Crippen LogP contribution in [0.25, 0.3) is 232 Å². The Balaban J connectivity index is 0.0000000962. The number of nitrogens with one attached hydrogen (secondary N) is 10. The first-order chi connectivity index (χ1) is 59.0. The fourth-order valence-electron chi connectivity index (χ4n) is 14.7. The predicted octanol–water partition coefficient (Wildman–Crippen LogP) is 23.3. The molecule has 0 spiro atoms. The van der Waals surface area contributed by atoms with Crippen molar-refractivity contribution in [2.24, 2.45) is 0 Å². The topological polar surface area (TPSA) is 287 Å². The van der Waals surface area contributed by atoms with E-state index >= 15 is 0 Å². The first-order valence-electron chi connectivity index (χ1n) is 39.2. The summed E-state index contributed by atoms with van der Waals surface area (Å²) in [5.41, 5.74) is 39.3. The summed E-state index contributed by atoms with van der Waals surface area (Å²) >= 11 is 0. The monoisotopic (exact) mass is 1610 g/mol. The van der Waals surface area contributed by atoms with E-state index in [1.54, 1.807) is 0 Å². The number of fused-ring (bicyclic) bond motifs is 40. The van der Waals surface area contributed by atoms with Crippen LogP contribution in [0.1, 0.15) is 114 Å². The van der Waals surface area contributed by atoms with E-state index in [2.05, 4.69) is 221 Å². The number of aromatic amines is 10. The van der Waals surface area contributed by atoms with E-state index in [1.807, 2.05) is 243 Å². The second-order valence-corrected chi connectivity index (χ2v) is 29.5. The smallest absolute Gasteiger partial charge is 0.0658 e. The molecule has 15 aromatic rings. The van der Waals surface area contributed by atoms with Gasteiger partial charge in [0, 0.05) is 130 Å². The van der Waals surface area contributed by atoms with Gasteiger partial charge in [-0.25, -0.2) is 49.8 Å². The normalized spacial score (nSPS) is 12.6. The molecule has 0 atom stereocenters. The predicted molar refractivity (Wildman–Crippen MR) is 494 cm³/mol. The molecule has 10 aliphatic heterocycles. The molecule has 21 heteroatoms. The Bertz CT molecular complexity index is 6010. The maximum atomic E-state index is 4.63. The van der Waals surface area contributed by atoms with Crippen molar-refractivity contribution >= 4 is 232 Å². The van der Waals surface area contributed by atoms with Crippen LogP contribution >= 0.6 is 0 Å². The molecule has 20 nitrogen and oxygen atoms in total. The van der Waals surface area contributed by atoms with E-state index in [9.17, 15) is 0 Å². The quantitative estimate of drug-likeness (QED) is 0.0641. The van der Waals surface area contributed by atoms with Crippen LogP contribution in [0.2, 0.25) is 0 Å². The van der Waals surface area contributed by atoms with Gasteiger partial charge in [-0.15, -0.1) is 0 Å². The average Bonchev–Trinajstić information content (AvgIpc) is 1.71. The third kappa shape index (κ3) is 18.0. The molecule has 40 bridgehead atoms. The average molecular weight is 1620 g/mol. The van der Waals surface area contributed by atoms with Gasteiger partial charge in [-0.05, 0) is 364 Å². The number of rotatable bonds is 0. The molecule has 15 aromatic heterocycles. The summed E-state index contributed by atoms with van der Waals surface area (Å²) in [6, 6.07) is 81.8. The maximum Gasteiger partial charge on any atom is 0.0658 e. The van der Waals surface area contributed by atoms with Crippen molar-refractivity contribution in [3.05, 3.63) is 357 Å². The molecule has 10 N–H and O–H groups in total. The number of hydrogen-bond acceptors (Lipinski definition) is 10. The third-order valence-corrected chi connectivity index (χ3v) is 20.2. The summed E-state index contributed by atoms with van der Waals surface area (Å²) in [5, 5.41) is 0. The molecule has 25 rings (SSSR count).